The maximum atomic E-state index is 12.3. The number of carbonyl (C=O) groups is 1. The van der Waals surface area contributed by atoms with E-state index >= 15 is 0 Å². The zero-order chi connectivity index (χ0) is 16.9. The molecule has 2 N–H and O–H groups in total. The summed E-state index contributed by atoms with van der Waals surface area (Å²) in [5.74, 6) is 0.288. The molecule has 1 saturated carbocycles. The third kappa shape index (κ3) is 4.16. The number of amides is 1. The quantitative estimate of drug-likeness (QED) is 0.818. The first-order valence-electron chi connectivity index (χ1n) is 7.97. The number of para-hydroxylation sites is 1. The van der Waals surface area contributed by atoms with Gasteiger partial charge in [0.25, 0.3) is 5.91 Å². The number of rotatable bonds is 4. The molecule has 126 valence electrons. The van der Waals surface area contributed by atoms with Crippen LogP contribution in [0.5, 0.6) is 0 Å². The zero-order valence-corrected chi connectivity index (χ0v) is 14.6. The fraction of sp³-hybridized carbons (Fsp3) is 0.353. The van der Waals surface area contributed by atoms with E-state index in [9.17, 15) is 4.79 Å². The first-order valence-corrected chi connectivity index (χ1v) is 8.73. The van der Waals surface area contributed by atoms with E-state index in [1.54, 1.807) is 24.4 Å². The topological polar surface area (TPSA) is 66.9 Å². The summed E-state index contributed by atoms with van der Waals surface area (Å²) in [4.78, 5) is 20.7. The minimum absolute atomic E-state index is 0.209. The van der Waals surface area contributed by atoms with Crippen molar-refractivity contribution in [2.45, 2.75) is 38.1 Å². The Kier molecular flexibility index (Phi) is 5.53. The molecule has 1 amide bonds. The van der Waals surface area contributed by atoms with Gasteiger partial charge in [-0.1, -0.05) is 48.5 Å². The molecule has 1 aliphatic rings. The Morgan fingerprint density at radius 1 is 1.04 bits per heavy atom. The van der Waals surface area contributed by atoms with E-state index in [0.29, 0.717) is 27.6 Å². The number of hydrogen-bond donors (Lipinski definition) is 2. The minimum atomic E-state index is -0.401. The molecule has 3 rings (SSSR count). The summed E-state index contributed by atoms with van der Waals surface area (Å²) in [6, 6.07) is 5.47. The van der Waals surface area contributed by atoms with E-state index in [0.717, 1.165) is 12.8 Å². The van der Waals surface area contributed by atoms with Gasteiger partial charge < -0.3 is 10.6 Å². The summed E-state index contributed by atoms with van der Waals surface area (Å²) in [7, 11) is 0. The third-order valence-electron chi connectivity index (χ3n) is 4.04. The normalized spacial score (nSPS) is 15.1. The van der Waals surface area contributed by atoms with Gasteiger partial charge >= 0.3 is 0 Å². The fourth-order valence-electron chi connectivity index (χ4n) is 2.77. The van der Waals surface area contributed by atoms with Gasteiger partial charge in [-0.25, -0.2) is 9.97 Å². The van der Waals surface area contributed by atoms with Crippen LogP contribution in [0.4, 0.5) is 11.5 Å². The van der Waals surface area contributed by atoms with Crippen molar-refractivity contribution in [3.05, 3.63) is 46.3 Å². The average Bonchev–Trinajstić information content (AvgIpc) is 2.60. The van der Waals surface area contributed by atoms with E-state index in [-0.39, 0.29) is 5.69 Å². The van der Waals surface area contributed by atoms with Gasteiger partial charge in [-0.05, 0) is 25.0 Å². The molecule has 0 radical (unpaired) electrons. The molecule has 0 aliphatic heterocycles. The van der Waals surface area contributed by atoms with E-state index in [1.165, 1.54) is 25.5 Å². The first-order chi connectivity index (χ1) is 11.6. The molecule has 1 fully saturated rings. The Morgan fingerprint density at radius 2 is 1.75 bits per heavy atom. The van der Waals surface area contributed by atoms with Crippen molar-refractivity contribution in [1.82, 2.24) is 9.97 Å². The second-order valence-electron chi connectivity index (χ2n) is 5.82. The van der Waals surface area contributed by atoms with Crippen LogP contribution in [-0.4, -0.2) is 21.9 Å². The highest BCUT2D eigenvalue weighted by Crippen LogP contribution is 2.30. The molecule has 0 unspecified atom stereocenters. The molecule has 0 spiro atoms. The third-order valence-corrected chi connectivity index (χ3v) is 4.67. The van der Waals surface area contributed by atoms with E-state index in [1.807, 2.05) is 0 Å². The second kappa shape index (κ2) is 7.81. The lowest BCUT2D eigenvalue weighted by Gasteiger charge is -2.23. The zero-order valence-electron chi connectivity index (χ0n) is 13.1. The minimum Gasteiger partial charge on any atom is -0.366 e. The summed E-state index contributed by atoms with van der Waals surface area (Å²) < 4.78 is 0. The van der Waals surface area contributed by atoms with Gasteiger partial charge in [0, 0.05) is 6.04 Å². The summed E-state index contributed by atoms with van der Waals surface area (Å²) in [6.07, 6.45) is 9.11. The van der Waals surface area contributed by atoms with Crippen molar-refractivity contribution < 1.29 is 4.79 Å². The number of aromatic nitrogens is 2. The largest absolute Gasteiger partial charge is 0.366 e. The number of nitrogens with one attached hydrogen (secondary N) is 2. The van der Waals surface area contributed by atoms with Crippen LogP contribution in [0.3, 0.4) is 0 Å². The van der Waals surface area contributed by atoms with Gasteiger partial charge in [0.2, 0.25) is 0 Å². The van der Waals surface area contributed by atoms with Crippen molar-refractivity contribution >= 4 is 40.6 Å². The van der Waals surface area contributed by atoms with Crippen LogP contribution in [0.15, 0.2) is 30.6 Å². The van der Waals surface area contributed by atoms with E-state index < -0.39 is 5.91 Å². The van der Waals surface area contributed by atoms with E-state index in [2.05, 4.69) is 20.6 Å². The van der Waals surface area contributed by atoms with Crippen molar-refractivity contribution in [3.63, 3.8) is 0 Å². The first kappa shape index (κ1) is 17.0. The number of carbonyl (C=O) groups excluding carboxylic acids is 1. The van der Waals surface area contributed by atoms with E-state index in [4.69, 9.17) is 23.2 Å². The van der Waals surface area contributed by atoms with Crippen LogP contribution in [-0.2, 0) is 0 Å². The lowest BCUT2D eigenvalue weighted by atomic mass is 9.96. The van der Waals surface area contributed by atoms with Crippen LogP contribution >= 0.6 is 23.2 Å². The van der Waals surface area contributed by atoms with Gasteiger partial charge in [0.1, 0.15) is 11.5 Å². The molecule has 2 aromatic rings. The molecule has 5 nitrogen and oxygen atoms in total. The van der Waals surface area contributed by atoms with Crippen LogP contribution in [0.1, 0.15) is 42.6 Å². The monoisotopic (exact) mass is 364 g/mol. The smallest absolute Gasteiger partial charge is 0.275 e. The number of anilines is 2. The molecule has 1 aromatic heterocycles. The SMILES string of the molecule is O=C(Nc1c(Cl)cccc1Cl)c1cnc(NC2CCCCC2)cn1. The number of halogens is 2. The molecule has 1 heterocycles. The molecule has 24 heavy (non-hydrogen) atoms. The molecule has 0 saturated heterocycles. The van der Waals surface area contributed by atoms with Crippen molar-refractivity contribution in [1.29, 1.82) is 0 Å². The molecular formula is C17H18Cl2N4O. The molecule has 1 aromatic carbocycles. The summed E-state index contributed by atoms with van der Waals surface area (Å²) in [5.41, 5.74) is 0.581. The Morgan fingerprint density at radius 3 is 2.38 bits per heavy atom. The number of hydrogen-bond acceptors (Lipinski definition) is 4. The summed E-state index contributed by atoms with van der Waals surface area (Å²) in [5, 5.41) is 6.79. The van der Waals surface area contributed by atoms with Gasteiger partial charge in [-0.3, -0.25) is 4.79 Å². The second-order valence-corrected chi connectivity index (χ2v) is 6.63. The Labute approximate surface area is 150 Å². The molecular weight excluding hydrogens is 347 g/mol. The van der Waals surface area contributed by atoms with Crippen molar-refractivity contribution in [2.24, 2.45) is 0 Å². The highest BCUT2D eigenvalue weighted by Gasteiger charge is 2.15. The number of nitrogens with zero attached hydrogens (tertiary/aromatic N) is 2. The lowest BCUT2D eigenvalue weighted by Crippen LogP contribution is -2.23. The van der Waals surface area contributed by atoms with Gasteiger partial charge in [0.05, 0.1) is 28.1 Å². The summed E-state index contributed by atoms with van der Waals surface area (Å²) >= 11 is 12.1. The van der Waals surface area contributed by atoms with Crippen LogP contribution in [0, 0.1) is 0 Å². The predicted octanol–water partition coefficient (Wildman–Crippen LogP) is 4.78. The maximum absolute atomic E-state index is 12.3. The highest BCUT2D eigenvalue weighted by atomic mass is 35.5. The van der Waals surface area contributed by atoms with Crippen molar-refractivity contribution in [2.75, 3.05) is 10.6 Å². The molecule has 7 heteroatoms. The number of benzene rings is 1. The van der Waals surface area contributed by atoms with Gasteiger partial charge in [0.15, 0.2) is 0 Å². The van der Waals surface area contributed by atoms with Crippen LogP contribution in [0.2, 0.25) is 10.0 Å². The molecule has 1 aliphatic carbocycles. The highest BCUT2D eigenvalue weighted by molar-refractivity contribution is 6.39. The van der Waals surface area contributed by atoms with Crippen LogP contribution < -0.4 is 10.6 Å². The van der Waals surface area contributed by atoms with Crippen molar-refractivity contribution in [3.8, 4) is 0 Å². The maximum Gasteiger partial charge on any atom is 0.275 e. The Bertz CT molecular complexity index is 695. The average molecular weight is 365 g/mol. The fourth-order valence-corrected chi connectivity index (χ4v) is 3.26. The van der Waals surface area contributed by atoms with Crippen LogP contribution in [0.25, 0.3) is 0 Å². The Balaban J connectivity index is 1.65. The Hall–Kier alpha value is -1.85. The van der Waals surface area contributed by atoms with Gasteiger partial charge in [-0.15, -0.1) is 0 Å². The standard InChI is InChI=1S/C17H18Cl2N4O/c18-12-7-4-8-13(19)16(12)23-17(24)14-9-21-15(10-20-14)22-11-5-2-1-3-6-11/h4,7-11H,1-3,5-6H2,(H,21,22)(H,23,24). The summed E-state index contributed by atoms with van der Waals surface area (Å²) in [6.45, 7) is 0. The predicted molar refractivity (Wildman–Crippen MR) is 96.9 cm³/mol. The molecule has 0 bridgehead atoms. The lowest BCUT2D eigenvalue weighted by molar-refractivity contribution is 0.102. The van der Waals surface area contributed by atoms with Gasteiger partial charge in [-0.2, -0.15) is 0 Å². The molecule has 0 atom stereocenters.